The third kappa shape index (κ3) is 5.23. The predicted molar refractivity (Wildman–Crippen MR) is 74.4 cm³/mol. The average Bonchev–Trinajstić information content (AvgIpc) is 2.34. The summed E-state index contributed by atoms with van der Waals surface area (Å²) in [6.45, 7) is 1.30. The lowest BCUT2D eigenvalue weighted by Crippen LogP contribution is -2.47. The van der Waals surface area contributed by atoms with E-state index in [0.717, 1.165) is 10.0 Å². The first-order valence-corrected chi connectivity index (χ1v) is 6.34. The van der Waals surface area contributed by atoms with Crippen LogP contribution < -0.4 is 5.32 Å². The zero-order valence-electron chi connectivity index (χ0n) is 10.2. The predicted octanol–water partition coefficient (Wildman–Crippen LogP) is 1.41. The molecule has 0 heterocycles. The molecule has 19 heavy (non-hydrogen) atoms. The standard InChI is InChI=1S/C13H14BrNO4/c1-8(16)12(13(18)19)15-11(17)7-4-9-2-5-10(14)6-3-9/h2-8,12,16H,1H3,(H,15,17)(H,18,19)/b7-4+. The molecule has 0 saturated heterocycles. The van der Waals surface area contributed by atoms with Crippen LogP contribution in [0.25, 0.3) is 6.08 Å². The van der Waals surface area contributed by atoms with Crippen molar-refractivity contribution in [2.24, 2.45) is 0 Å². The van der Waals surface area contributed by atoms with Crippen molar-refractivity contribution < 1.29 is 19.8 Å². The minimum absolute atomic E-state index is 0.573. The van der Waals surface area contributed by atoms with Crippen molar-refractivity contribution in [2.75, 3.05) is 0 Å². The Labute approximate surface area is 119 Å². The third-order valence-electron chi connectivity index (χ3n) is 2.34. The van der Waals surface area contributed by atoms with Gasteiger partial charge in [0.1, 0.15) is 0 Å². The number of hydrogen-bond donors (Lipinski definition) is 3. The quantitative estimate of drug-likeness (QED) is 0.714. The smallest absolute Gasteiger partial charge is 0.328 e. The molecule has 1 rings (SSSR count). The number of hydrogen-bond acceptors (Lipinski definition) is 3. The fourth-order valence-corrected chi connectivity index (χ4v) is 1.60. The highest BCUT2D eigenvalue weighted by Crippen LogP contribution is 2.11. The van der Waals surface area contributed by atoms with Crippen LogP contribution in [0.1, 0.15) is 12.5 Å². The van der Waals surface area contributed by atoms with E-state index in [-0.39, 0.29) is 0 Å². The summed E-state index contributed by atoms with van der Waals surface area (Å²) in [6, 6.07) is 5.94. The van der Waals surface area contributed by atoms with E-state index in [4.69, 9.17) is 5.11 Å². The highest BCUT2D eigenvalue weighted by molar-refractivity contribution is 9.10. The van der Waals surface area contributed by atoms with Crippen LogP contribution in [0.2, 0.25) is 0 Å². The molecule has 0 aliphatic rings. The number of carbonyl (C=O) groups excluding carboxylic acids is 1. The van der Waals surface area contributed by atoms with Gasteiger partial charge in [-0.25, -0.2) is 4.79 Å². The Morgan fingerprint density at radius 1 is 1.32 bits per heavy atom. The molecule has 0 aromatic heterocycles. The monoisotopic (exact) mass is 327 g/mol. The molecule has 0 spiro atoms. The molecule has 0 bridgehead atoms. The van der Waals surface area contributed by atoms with Gasteiger partial charge < -0.3 is 15.5 Å². The van der Waals surface area contributed by atoms with Gasteiger partial charge in [0.05, 0.1) is 6.10 Å². The number of aliphatic hydroxyl groups is 1. The number of halogens is 1. The second-order valence-corrected chi connectivity index (χ2v) is 4.87. The van der Waals surface area contributed by atoms with Crippen molar-refractivity contribution in [3.8, 4) is 0 Å². The highest BCUT2D eigenvalue weighted by atomic mass is 79.9. The first-order valence-electron chi connectivity index (χ1n) is 5.55. The molecule has 0 saturated carbocycles. The van der Waals surface area contributed by atoms with E-state index in [1.807, 2.05) is 12.1 Å². The van der Waals surface area contributed by atoms with Gasteiger partial charge in [-0.15, -0.1) is 0 Å². The van der Waals surface area contributed by atoms with Crippen molar-refractivity contribution in [3.05, 3.63) is 40.4 Å². The first-order chi connectivity index (χ1) is 8.90. The van der Waals surface area contributed by atoms with Gasteiger partial charge in [0, 0.05) is 10.5 Å². The van der Waals surface area contributed by atoms with Crippen LogP contribution in [0.4, 0.5) is 0 Å². The molecular weight excluding hydrogens is 314 g/mol. The third-order valence-corrected chi connectivity index (χ3v) is 2.87. The lowest BCUT2D eigenvalue weighted by atomic mass is 10.2. The Hall–Kier alpha value is -1.66. The van der Waals surface area contributed by atoms with Crippen LogP contribution >= 0.6 is 15.9 Å². The van der Waals surface area contributed by atoms with E-state index in [9.17, 15) is 14.7 Å². The highest BCUT2D eigenvalue weighted by Gasteiger charge is 2.23. The number of carbonyl (C=O) groups is 2. The molecule has 0 aliphatic heterocycles. The Morgan fingerprint density at radius 3 is 2.37 bits per heavy atom. The van der Waals surface area contributed by atoms with Crippen molar-refractivity contribution in [2.45, 2.75) is 19.1 Å². The summed E-state index contributed by atoms with van der Waals surface area (Å²) in [5.74, 6) is -1.85. The molecule has 0 fully saturated rings. The number of rotatable bonds is 5. The van der Waals surface area contributed by atoms with Crippen molar-refractivity contribution in [3.63, 3.8) is 0 Å². The molecular formula is C13H14BrNO4. The molecule has 0 radical (unpaired) electrons. The van der Waals surface area contributed by atoms with Crippen LogP contribution in [0.15, 0.2) is 34.8 Å². The van der Waals surface area contributed by atoms with Crippen LogP contribution in [0, 0.1) is 0 Å². The number of carboxylic acid groups (broad SMARTS) is 1. The second-order valence-electron chi connectivity index (χ2n) is 3.95. The number of aliphatic hydroxyl groups excluding tert-OH is 1. The van der Waals surface area contributed by atoms with E-state index >= 15 is 0 Å². The minimum atomic E-state index is -1.32. The number of nitrogens with one attached hydrogen (secondary N) is 1. The van der Waals surface area contributed by atoms with Crippen LogP contribution in [-0.2, 0) is 9.59 Å². The lowest BCUT2D eigenvalue weighted by Gasteiger charge is -2.15. The van der Waals surface area contributed by atoms with E-state index in [1.165, 1.54) is 13.0 Å². The maximum Gasteiger partial charge on any atom is 0.328 e. The Balaban J connectivity index is 2.64. The topological polar surface area (TPSA) is 86.6 Å². The SMILES string of the molecule is CC(O)C(NC(=O)/C=C/c1ccc(Br)cc1)C(=O)O. The van der Waals surface area contributed by atoms with Gasteiger partial charge in [-0.05, 0) is 30.7 Å². The van der Waals surface area contributed by atoms with E-state index in [2.05, 4.69) is 21.2 Å². The Bertz CT molecular complexity index is 482. The Morgan fingerprint density at radius 2 is 1.89 bits per heavy atom. The van der Waals surface area contributed by atoms with Gasteiger partial charge in [-0.2, -0.15) is 0 Å². The maximum absolute atomic E-state index is 11.5. The minimum Gasteiger partial charge on any atom is -0.480 e. The molecule has 0 aliphatic carbocycles. The van der Waals surface area contributed by atoms with Crippen LogP contribution in [0.3, 0.4) is 0 Å². The molecule has 1 amide bonds. The average molecular weight is 328 g/mol. The maximum atomic E-state index is 11.5. The van der Waals surface area contributed by atoms with Gasteiger partial charge in [-0.1, -0.05) is 28.1 Å². The van der Waals surface area contributed by atoms with Gasteiger partial charge >= 0.3 is 5.97 Å². The van der Waals surface area contributed by atoms with Gasteiger partial charge in [0.25, 0.3) is 0 Å². The molecule has 102 valence electrons. The van der Waals surface area contributed by atoms with Gasteiger partial charge in [0.15, 0.2) is 6.04 Å². The second kappa shape index (κ2) is 7.06. The molecule has 2 atom stereocenters. The molecule has 6 heteroatoms. The summed E-state index contributed by atoms with van der Waals surface area (Å²) in [6.07, 6.45) is 1.62. The normalized spacial score (nSPS) is 14.1. The summed E-state index contributed by atoms with van der Waals surface area (Å²) >= 11 is 3.29. The van der Waals surface area contributed by atoms with E-state index < -0.39 is 24.0 Å². The number of benzene rings is 1. The van der Waals surface area contributed by atoms with Crippen LogP contribution in [-0.4, -0.2) is 34.2 Å². The van der Waals surface area contributed by atoms with Gasteiger partial charge in [0.2, 0.25) is 5.91 Å². The number of aliphatic carboxylic acids is 1. The molecule has 5 nitrogen and oxygen atoms in total. The fraction of sp³-hybridized carbons (Fsp3) is 0.231. The summed E-state index contributed by atoms with van der Waals surface area (Å²) in [4.78, 5) is 22.3. The zero-order chi connectivity index (χ0) is 14.4. The summed E-state index contributed by atoms with van der Waals surface area (Å²) in [5.41, 5.74) is 0.808. The molecule has 3 N–H and O–H groups in total. The summed E-state index contributed by atoms with van der Waals surface area (Å²) in [7, 11) is 0. The Kier molecular flexibility index (Phi) is 5.72. The molecule has 1 aromatic rings. The van der Waals surface area contributed by atoms with Crippen molar-refractivity contribution >= 4 is 33.9 Å². The number of amides is 1. The van der Waals surface area contributed by atoms with Crippen LogP contribution in [0.5, 0.6) is 0 Å². The summed E-state index contributed by atoms with van der Waals surface area (Å²) in [5, 5.41) is 20.2. The first kappa shape index (κ1) is 15.4. The van der Waals surface area contributed by atoms with Crippen molar-refractivity contribution in [1.82, 2.24) is 5.32 Å². The van der Waals surface area contributed by atoms with Crippen molar-refractivity contribution in [1.29, 1.82) is 0 Å². The lowest BCUT2D eigenvalue weighted by molar-refractivity contribution is -0.144. The molecule has 1 aromatic carbocycles. The molecule has 2 unspecified atom stereocenters. The summed E-state index contributed by atoms with van der Waals surface area (Å²) < 4.78 is 0.925. The van der Waals surface area contributed by atoms with Gasteiger partial charge in [-0.3, -0.25) is 4.79 Å². The zero-order valence-corrected chi connectivity index (χ0v) is 11.8. The fourth-order valence-electron chi connectivity index (χ4n) is 1.34. The van der Waals surface area contributed by atoms with E-state index in [0.29, 0.717) is 0 Å². The largest absolute Gasteiger partial charge is 0.480 e. The number of carboxylic acids is 1. The van der Waals surface area contributed by atoms with E-state index in [1.54, 1.807) is 18.2 Å².